The molecule has 12 rings (SSSR count). The van der Waals surface area contributed by atoms with E-state index < -0.39 is 49.8 Å². The van der Waals surface area contributed by atoms with Gasteiger partial charge in [0.1, 0.15) is 58.6 Å². The number of amides is 2. The van der Waals surface area contributed by atoms with E-state index in [0.29, 0.717) is 25.5 Å². The molecule has 448 valence electrons. The molecule has 0 spiro atoms. The van der Waals surface area contributed by atoms with Gasteiger partial charge in [0.05, 0.1) is 34.9 Å². The van der Waals surface area contributed by atoms with Crippen molar-refractivity contribution in [3.05, 3.63) is 121 Å². The number of nitrogens with zero attached hydrogens (tertiary/aromatic N) is 18. The van der Waals surface area contributed by atoms with Crippen molar-refractivity contribution < 1.29 is 73.1 Å². The Bertz CT molecular complexity index is 3970. The first-order valence-electron chi connectivity index (χ1n) is 25.9. The largest absolute Gasteiger partial charge is 0.435 e. The summed E-state index contributed by atoms with van der Waals surface area (Å²) in [5.41, 5.74) is 0.309. The fourth-order valence-electron chi connectivity index (χ4n) is 9.17. The van der Waals surface area contributed by atoms with Crippen LogP contribution in [0.15, 0.2) is 98.1 Å². The van der Waals surface area contributed by atoms with E-state index in [1.54, 1.807) is 24.5 Å². The zero-order chi connectivity index (χ0) is 59.8. The number of fused-ring (bicyclic) bond motifs is 2. The van der Waals surface area contributed by atoms with Gasteiger partial charge in [0.25, 0.3) is 11.8 Å². The number of benzene rings is 2. The van der Waals surface area contributed by atoms with Crippen LogP contribution >= 0.6 is 0 Å². The van der Waals surface area contributed by atoms with Crippen molar-refractivity contribution in [1.29, 1.82) is 0 Å². The van der Waals surface area contributed by atoms with Crippen LogP contribution in [0.2, 0.25) is 0 Å². The number of rotatable bonds is 20. The number of carbonyl (C=O) groups excluding carboxylic acids is 2. The number of ether oxygens (including phenoxy) is 6. The molecule has 2 aromatic carbocycles. The quantitative estimate of drug-likeness (QED) is 0.0695. The Morgan fingerprint density at radius 2 is 1.12 bits per heavy atom. The number of hydrogen-bond donors (Lipinski definition) is 2. The molecule has 0 radical (unpaired) electrons. The fraction of sp³-hybridized carbons (Fsp3) is 0.320. The average Bonchev–Trinajstić information content (AvgIpc) is 2.30. The van der Waals surface area contributed by atoms with Crippen molar-refractivity contribution in [3.63, 3.8) is 0 Å². The predicted octanol–water partition coefficient (Wildman–Crippen LogP) is 7.56. The number of hydrogen-bond acceptors (Lipinski definition) is 20. The van der Waals surface area contributed by atoms with Crippen LogP contribution in [-0.4, -0.2) is 141 Å². The molecule has 8 aromatic heterocycles. The van der Waals surface area contributed by atoms with Crippen molar-refractivity contribution in [2.24, 2.45) is 0 Å². The number of alkyl halides is 8. The van der Waals surface area contributed by atoms with Crippen LogP contribution in [0.25, 0.3) is 33.8 Å². The highest BCUT2D eigenvalue weighted by molar-refractivity contribution is 6.10. The van der Waals surface area contributed by atoms with Gasteiger partial charge >= 0.3 is 26.4 Å². The van der Waals surface area contributed by atoms with Gasteiger partial charge in [-0.3, -0.25) is 19.0 Å². The lowest BCUT2D eigenvalue weighted by Gasteiger charge is -2.22. The van der Waals surface area contributed by atoms with Gasteiger partial charge in [0.15, 0.2) is 35.4 Å². The molecule has 2 N–H and O–H groups in total. The minimum absolute atomic E-state index is 0.0216. The van der Waals surface area contributed by atoms with Crippen LogP contribution in [0.1, 0.15) is 83.3 Å². The van der Waals surface area contributed by atoms with E-state index in [2.05, 4.69) is 90.9 Å². The van der Waals surface area contributed by atoms with E-state index in [-0.39, 0.29) is 99.2 Å². The minimum Gasteiger partial charge on any atom is -0.435 e. The zero-order valence-corrected chi connectivity index (χ0v) is 44.1. The maximum atomic E-state index is 13.4. The lowest BCUT2D eigenvalue weighted by molar-refractivity contribution is -0.0526. The summed E-state index contributed by atoms with van der Waals surface area (Å²) in [6, 6.07) is 9.55. The molecule has 0 bridgehead atoms. The number of tetrazole rings is 2. The van der Waals surface area contributed by atoms with E-state index >= 15 is 0 Å². The summed E-state index contributed by atoms with van der Waals surface area (Å²) in [5, 5.41) is 46.8. The molecule has 86 heavy (non-hydrogen) atoms. The minimum atomic E-state index is -3.24. The van der Waals surface area contributed by atoms with Gasteiger partial charge in [-0.25, -0.2) is 19.0 Å². The molecule has 2 fully saturated rings. The Morgan fingerprint density at radius 1 is 0.605 bits per heavy atom. The van der Waals surface area contributed by atoms with Gasteiger partial charge in [-0.15, -0.1) is 20.1 Å². The second-order valence-corrected chi connectivity index (χ2v) is 18.5. The van der Waals surface area contributed by atoms with Crippen LogP contribution in [-0.2, 0) is 22.6 Å². The van der Waals surface area contributed by atoms with Crippen molar-refractivity contribution in [2.75, 3.05) is 23.8 Å². The topological polar surface area (TPSA) is 297 Å². The van der Waals surface area contributed by atoms with Crippen molar-refractivity contribution in [1.82, 2.24) is 89.2 Å². The molecule has 0 saturated carbocycles. The van der Waals surface area contributed by atoms with Gasteiger partial charge in [-0.1, -0.05) is 0 Å². The highest BCUT2D eigenvalue weighted by atomic mass is 19.3. The smallest absolute Gasteiger partial charge is 0.387 e. The van der Waals surface area contributed by atoms with Gasteiger partial charge < -0.3 is 39.1 Å². The summed E-state index contributed by atoms with van der Waals surface area (Å²) in [7, 11) is 0. The van der Waals surface area contributed by atoms with E-state index in [4.69, 9.17) is 9.47 Å². The van der Waals surface area contributed by atoms with Gasteiger partial charge in [0.2, 0.25) is 0 Å². The molecule has 2 atom stereocenters. The normalized spacial score (nSPS) is 15.3. The molecule has 2 saturated heterocycles. The third kappa shape index (κ3) is 13.4. The Labute approximate surface area is 476 Å². The Kier molecular flexibility index (Phi) is 17.2. The van der Waals surface area contributed by atoms with Crippen molar-refractivity contribution >= 4 is 34.5 Å². The summed E-state index contributed by atoms with van der Waals surface area (Å²) >= 11 is 0. The first-order chi connectivity index (χ1) is 41.7. The summed E-state index contributed by atoms with van der Waals surface area (Å²) in [5.74, 6) is -2.16. The first kappa shape index (κ1) is 57.6. The number of nitrogens with one attached hydrogen (secondary N) is 2. The maximum Gasteiger partial charge on any atom is 0.387 e. The van der Waals surface area contributed by atoms with Crippen molar-refractivity contribution in [2.45, 2.75) is 90.5 Å². The molecule has 2 aliphatic heterocycles. The van der Waals surface area contributed by atoms with Gasteiger partial charge in [0, 0.05) is 50.4 Å². The van der Waals surface area contributed by atoms with E-state index in [1.807, 2.05) is 0 Å². The molecular formula is C50H44F8N20O8. The zero-order valence-electron chi connectivity index (χ0n) is 44.1. The third-order valence-corrected chi connectivity index (χ3v) is 12.8. The number of anilines is 2. The summed E-state index contributed by atoms with van der Waals surface area (Å²) < 4.78 is 142. The van der Waals surface area contributed by atoms with Crippen LogP contribution in [0.4, 0.5) is 46.5 Å². The van der Waals surface area contributed by atoms with Crippen molar-refractivity contribution in [3.8, 4) is 45.5 Å². The van der Waals surface area contributed by atoms with Crippen LogP contribution < -0.4 is 29.6 Å². The van der Waals surface area contributed by atoms with Crippen LogP contribution in [0.5, 0.6) is 23.0 Å². The SMILES string of the molecule is O=C(Nc1cn(Cc2nnn(C3CCCCO3)n2)nc1-c1cc(OC(F)F)ccc1OC(F)F)c1cnn2cccnc12.O=C(Nc1cn(Cc2nnnn2C2CCCCO2)nc1-c1cc(OC(F)F)ccc1OC(F)F)c1cnn2cccnc12. The molecular weight excluding hydrogens is 1160 g/mol. The molecule has 10 aromatic rings. The molecule has 28 nitrogen and oxygen atoms in total. The van der Waals surface area contributed by atoms with Crippen LogP contribution in [0.3, 0.4) is 0 Å². The highest BCUT2D eigenvalue weighted by Gasteiger charge is 2.28. The maximum absolute atomic E-state index is 13.4. The summed E-state index contributed by atoms with van der Waals surface area (Å²) in [6.07, 6.45) is 16.0. The van der Waals surface area contributed by atoms with Crippen LogP contribution in [0, 0.1) is 0 Å². The summed E-state index contributed by atoms with van der Waals surface area (Å²) in [4.78, 5) is 36.4. The lowest BCUT2D eigenvalue weighted by atomic mass is 10.1. The Balaban J connectivity index is 0.000000179. The number of halogens is 8. The summed E-state index contributed by atoms with van der Waals surface area (Å²) in [6.45, 7) is -11.8. The Hall–Kier alpha value is -10.3. The number of carbonyl (C=O) groups is 2. The number of aromatic nitrogens is 18. The molecule has 2 amide bonds. The first-order valence-corrected chi connectivity index (χ1v) is 25.9. The molecule has 10 heterocycles. The van der Waals surface area contributed by atoms with E-state index in [1.165, 1.54) is 65.1 Å². The highest BCUT2D eigenvalue weighted by Crippen LogP contribution is 2.40. The van der Waals surface area contributed by atoms with Gasteiger partial charge in [-0.05, 0) is 103 Å². The Morgan fingerprint density at radius 3 is 1.62 bits per heavy atom. The molecule has 2 unspecified atom stereocenters. The van der Waals surface area contributed by atoms with Gasteiger partial charge in [-0.2, -0.15) is 60.2 Å². The third-order valence-electron chi connectivity index (χ3n) is 12.8. The molecule has 2 aliphatic rings. The second kappa shape index (κ2) is 25.7. The predicted molar refractivity (Wildman–Crippen MR) is 275 cm³/mol. The molecule has 36 heteroatoms. The average molecular weight is 1210 g/mol. The second-order valence-electron chi connectivity index (χ2n) is 18.5. The van der Waals surface area contributed by atoms with E-state index in [9.17, 15) is 44.7 Å². The molecule has 0 aliphatic carbocycles. The monoisotopic (exact) mass is 1200 g/mol. The fourth-order valence-corrected chi connectivity index (χ4v) is 9.17. The lowest BCUT2D eigenvalue weighted by Crippen LogP contribution is -2.22. The standard InChI is InChI=1S/2C25H22F4N10O4/c26-24(27)42-14-5-6-18(43-25(28)29)15(10-14)21-17(32-23(40)16-11-31-38-8-3-7-30-22(16)38)12-37(34-21)13-19-33-35-36-39(19)20-4-1-2-9-41-20;26-24(27)42-14-5-6-18(43-25(28)29)15(10-14)21-17(32-23(40)16-11-31-38-8-3-7-30-22(16)38)12-37(35-21)13-19-33-36-39(34-19)20-4-1-2-9-41-20/h2*3,5-8,10-12,20,24-25H,1-2,4,9,13H2,(H,32,40). The van der Waals surface area contributed by atoms with E-state index in [0.717, 1.165) is 68.5 Å².